The molecule has 2 unspecified atom stereocenters. The fourth-order valence-corrected chi connectivity index (χ4v) is 2.64. The van der Waals surface area contributed by atoms with E-state index in [2.05, 4.69) is 11.4 Å². The fraction of sp³-hybridized carbons (Fsp3) is 0.500. The zero-order valence-corrected chi connectivity index (χ0v) is 10.2. The third-order valence-electron chi connectivity index (χ3n) is 3.73. The molecule has 94 valence electrons. The lowest BCUT2D eigenvalue weighted by Gasteiger charge is -2.21. The third kappa shape index (κ3) is 2.14. The molecule has 3 N–H and O–H groups in total. The van der Waals surface area contributed by atoms with Crippen molar-refractivity contribution in [2.45, 2.75) is 31.4 Å². The molecule has 2 atom stereocenters. The molecule has 1 aliphatic carbocycles. The topological polar surface area (TPSA) is 71.1 Å². The maximum Gasteiger partial charge on any atom is 0.101 e. The van der Waals surface area contributed by atoms with Crippen molar-refractivity contribution in [3.05, 3.63) is 23.8 Å². The van der Waals surface area contributed by atoms with Crippen molar-refractivity contribution in [1.82, 2.24) is 0 Å². The van der Waals surface area contributed by atoms with Gasteiger partial charge < -0.3 is 15.8 Å². The molecular formula is C14H17N3O. The monoisotopic (exact) mass is 243 g/mol. The van der Waals surface area contributed by atoms with Gasteiger partial charge in [0.2, 0.25) is 0 Å². The standard InChI is InChI=1S/C14H17N3O/c15-8-10-7-11(16)3-4-12(10)17-13-5-6-18-14(13)9-1-2-9/h3-4,7,9,13-14,17H,1-2,5-6,16H2. The Balaban J connectivity index is 1.77. The molecule has 1 saturated heterocycles. The van der Waals surface area contributed by atoms with Crippen LogP contribution in [0.3, 0.4) is 0 Å². The van der Waals surface area contributed by atoms with Crippen LogP contribution in [0.15, 0.2) is 18.2 Å². The second-order valence-electron chi connectivity index (χ2n) is 5.13. The molecule has 2 fully saturated rings. The van der Waals surface area contributed by atoms with Gasteiger partial charge in [0.15, 0.2) is 0 Å². The quantitative estimate of drug-likeness (QED) is 0.798. The van der Waals surface area contributed by atoms with Crippen molar-refractivity contribution in [3.8, 4) is 6.07 Å². The van der Waals surface area contributed by atoms with Gasteiger partial charge in [0.05, 0.1) is 23.4 Å². The Bertz CT molecular complexity index is 490. The number of ether oxygens (including phenoxy) is 1. The summed E-state index contributed by atoms with van der Waals surface area (Å²) in [6.45, 7) is 0.815. The number of nitrogen functional groups attached to an aromatic ring is 1. The molecular weight excluding hydrogens is 226 g/mol. The van der Waals surface area contributed by atoms with Crippen molar-refractivity contribution in [1.29, 1.82) is 5.26 Å². The lowest BCUT2D eigenvalue weighted by Crippen LogP contribution is -2.31. The molecule has 3 rings (SSSR count). The highest BCUT2D eigenvalue weighted by Gasteiger charge is 2.40. The summed E-state index contributed by atoms with van der Waals surface area (Å²) in [6.07, 6.45) is 3.87. The van der Waals surface area contributed by atoms with E-state index in [1.165, 1.54) is 12.8 Å². The molecule has 4 heteroatoms. The van der Waals surface area contributed by atoms with E-state index in [0.717, 1.165) is 18.7 Å². The molecule has 0 amide bonds. The predicted octanol–water partition coefficient (Wildman–Crippen LogP) is 2.12. The van der Waals surface area contributed by atoms with Crippen LogP contribution < -0.4 is 11.1 Å². The molecule has 0 spiro atoms. The van der Waals surface area contributed by atoms with Gasteiger partial charge in [0, 0.05) is 12.3 Å². The SMILES string of the molecule is N#Cc1cc(N)ccc1NC1CCOC1C1CC1. The predicted molar refractivity (Wildman–Crippen MR) is 70.1 cm³/mol. The van der Waals surface area contributed by atoms with E-state index in [1.807, 2.05) is 12.1 Å². The molecule has 18 heavy (non-hydrogen) atoms. The number of nitrogens with one attached hydrogen (secondary N) is 1. The number of nitriles is 1. The van der Waals surface area contributed by atoms with Crippen LogP contribution in [0.4, 0.5) is 11.4 Å². The largest absolute Gasteiger partial charge is 0.399 e. The Labute approximate surface area is 107 Å². The van der Waals surface area contributed by atoms with Gasteiger partial charge in [0.25, 0.3) is 0 Å². The molecule has 1 heterocycles. The highest BCUT2D eigenvalue weighted by atomic mass is 16.5. The molecule has 0 radical (unpaired) electrons. The lowest BCUT2D eigenvalue weighted by molar-refractivity contribution is 0.0898. The minimum Gasteiger partial charge on any atom is -0.399 e. The van der Waals surface area contributed by atoms with Gasteiger partial charge in [-0.2, -0.15) is 5.26 Å². The average Bonchev–Trinajstić information content (AvgIpc) is 3.12. The summed E-state index contributed by atoms with van der Waals surface area (Å²) >= 11 is 0. The van der Waals surface area contributed by atoms with Crippen LogP contribution in [0, 0.1) is 17.2 Å². The lowest BCUT2D eigenvalue weighted by atomic mass is 10.0. The highest BCUT2D eigenvalue weighted by molar-refractivity contribution is 5.63. The first-order chi connectivity index (χ1) is 8.78. The van der Waals surface area contributed by atoms with Crippen molar-refractivity contribution in [2.75, 3.05) is 17.7 Å². The van der Waals surface area contributed by atoms with Crippen LogP contribution in [0.1, 0.15) is 24.8 Å². The van der Waals surface area contributed by atoms with E-state index >= 15 is 0 Å². The highest BCUT2D eigenvalue weighted by Crippen LogP contribution is 2.39. The zero-order chi connectivity index (χ0) is 12.5. The second-order valence-corrected chi connectivity index (χ2v) is 5.13. The Morgan fingerprint density at radius 2 is 2.17 bits per heavy atom. The molecule has 1 saturated carbocycles. The number of hydrogen-bond acceptors (Lipinski definition) is 4. The molecule has 1 aromatic rings. The maximum atomic E-state index is 9.13. The summed E-state index contributed by atoms with van der Waals surface area (Å²) < 4.78 is 5.79. The number of hydrogen-bond donors (Lipinski definition) is 2. The summed E-state index contributed by atoms with van der Waals surface area (Å²) in [5, 5.41) is 12.6. The zero-order valence-electron chi connectivity index (χ0n) is 10.2. The Morgan fingerprint density at radius 3 is 2.89 bits per heavy atom. The van der Waals surface area contributed by atoms with E-state index in [1.54, 1.807) is 6.07 Å². The van der Waals surface area contributed by atoms with Gasteiger partial charge in [-0.15, -0.1) is 0 Å². The Kier molecular flexibility index (Phi) is 2.85. The number of nitrogens with two attached hydrogens (primary N) is 1. The summed E-state index contributed by atoms with van der Waals surface area (Å²) in [7, 11) is 0. The summed E-state index contributed by atoms with van der Waals surface area (Å²) in [5.74, 6) is 0.712. The van der Waals surface area contributed by atoms with Crippen LogP contribution in [0.2, 0.25) is 0 Å². The van der Waals surface area contributed by atoms with Gasteiger partial charge >= 0.3 is 0 Å². The molecule has 4 nitrogen and oxygen atoms in total. The number of benzene rings is 1. The van der Waals surface area contributed by atoms with Gasteiger partial charge in [-0.05, 0) is 43.4 Å². The third-order valence-corrected chi connectivity index (χ3v) is 3.73. The van der Waals surface area contributed by atoms with Crippen LogP contribution in [-0.4, -0.2) is 18.8 Å². The van der Waals surface area contributed by atoms with Gasteiger partial charge in [0.1, 0.15) is 6.07 Å². The van der Waals surface area contributed by atoms with Gasteiger partial charge in [-0.1, -0.05) is 0 Å². The minimum atomic E-state index is 0.314. The summed E-state index contributed by atoms with van der Waals surface area (Å²) in [5.41, 5.74) is 7.79. The second kappa shape index (κ2) is 4.51. The number of rotatable bonds is 3. The van der Waals surface area contributed by atoms with E-state index in [9.17, 15) is 0 Å². The number of anilines is 2. The maximum absolute atomic E-state index is 9.13. The molecule has 1 aromatic carbocycles. The molecule has 1 aliphatic heterocycles. The van der Waals surface area contributed by atoms with E-state index in [-0.39, 0.29) is 0 Å². The van der Waals surface area contributed by atoms with Crippen molar-refractivity contribution in [3.63, 3.8) is 0 Å². The Morgan fingerprint density at radius 1 is 1.33 bits per heavy atom. The van der Waals surface area contributed by atoms with Crippen LogP contribution >= 0.6 is 0 Å². The summed E-state index contributed by atoms with van der Waals surface area (Å²) in [6, 6.07) is 7.94. The molecule has 0 aromatic heterocycles. The van der Waals surface area contributed by atoms with Gasteiger partial charge in [-0.25, -0.2) is 0 Å². The van der Waals surface area contributed by atoms with Crippen LogP contribution in [-0.2, 0) is 4.74 Å². The van der Waals surface area contributed by atoms with E-state index in [4.69, 9.17) is 15.7 Å². The smallest absolute Gasteiger partial charge is 0.101 e. The Hall–Kier alpha value is -1.73. The molecule has 2 aliphatic rings. The van der Waals surface area contributed by atoms with Crippen molar-refractivity contribution in [2.24, 2.45) is 5.92 Å². The first-order valence-corrected chi connectivity index (χ1v) is 6.45. The minimum absolute atomic E-state index is 0.314. The van der Waals surface area contributed by atoms with E-state index in [0.29, 0.717) is 29.3 Å². The normalized spacial score (nSPS) is 26.8. The summed E-state index contributed by atoms with van der Waals surface area (Å²) in [4.78, 5) is 0. The van der Waals surface area contributed by atoms with Gasteiger partial charge in [-0.3, -0.25) is 0 Å². The fourth-order valence-electron chi connectivity index (χ4n) is 2.64. The first kappa shape index (κ1) is 11.4. The van der Waals surface area contributed by atoms with Crippen LogP contribution in [0.25, 0.3) is 0 Å². The molecule has 0 bridgehead atoms. The van der Waals surface area contributed by atoms with Crippen molar-refractivity contribution < 1.29 is 4.74 Å². The van der Waals surface area contributed by atoms with E-state index < -0.39 is 0 Å². The average molecular weight is 243 g/mol. The number of nitrogens with zero attached hydrogens (tertiary/aromatic N) is 1. The van der Waals surface area contributed by atoms with Crippen molar-refractivity contribution >= 4 is 11.4 Å². The first-order valence-electron chi connectivity index (χ1n) is 6.45. The van der Waals surface area contributed by atoms with Crippen LogP contribution in [0.5, 0.6) is 0 Å².